The Morgan fingerprint density at radius 2 is 1.85 bits per heavy atom. The van der Waals surface area contributed by atoms with Gasteiger partial charge in [-0.3, -0.25) is 9.58 Å². The summed E-state index contributed by atoms with van der Waals surface area (Å²) in [5, 5.41) is 5.13. The highest BCUT2D eigenvalue weighted by atomic mass is 35.5. The Balaban J connectivity index is 2.18. The summed E-state index contributed by atoms with van der Waals surface area (Å²) in [6.45, 7) is 8.18. The molecule has 0 unspecified atom stereocenters. The molecule has 108 valence electrons. The van der Waals surface area contributed by atoms with E-state index in [2.05, 4.69) is 48.1 Å². The van der Waals surface area contributed by atoms with Crippen molar-refractivity contribution in [1.29, 1.82) is 0 Å². The summed E-state index contributed by atoms with van der Waals surface area (Å²) >= 11 is 6.34. The van der Waals surface area contributed by atoms with Crippen LogP contribution in [0.2, 0.25) is 5.15 Å². The molecular formula is C16H22ClN3. The van der Waals surface area contributed by atoms with E-state index in [9.17, 15) is 0 Å². The topological polar surface area (TPSA) is 21.1 Å². The van der Waals surface area contributed by atoms with Crippen LogP contribution >= 0.6 is 11.6 Å². The van der Waals surface area contributed by atoms with Gasteiger partial charge in [-0.05, 0) is 26.3 Å². The molecule has 1 heterocycles. The van der Waals surface area contributed by atoms with Crippen molar-refractivity contribution >= 4 is 11.6 Å². The lowest BCUT2D eigenvalue weighted by Gasteiger charge is -2.26. The monoisotopic (exact) mass is 291 g/mol. The van der Waals surface area contributed by atoms with Crippen molar-refractivity contribution in [2.24, 2.45) is 7.05 Å². The Bertz CT molecular complexity index is 561. The third-order valence-electron chi connectivity index (χ3n) is 3.59. The van der Waals surface area contributed by atoms with Crippen LogP contribution in [0.1, 0.15) is 30.7 Å². The minimum absolute atomic E-state index is 0.450. The molecule has 0 bridgehead atoms. The molecule has 0 saturated carbocycles. The molecule has 0 saturated heterocycles. The van der Waals surface area contributed by atoms with Gasteiger partial charge < -0.3 is 0 Å². The van der Waals surface area contributed by atoms with Gasteiger partial charge >= 0.3 is 0 Å². The van der Waals surface area contributed by atoms with Gasteiger partial charge in [0.2, 0.25) is 0 Å². The molecule has 4 heteroatoms. The molecule has 1 aromatic heterocycles. The second-order valence-electron chi connectivity index (χ2n) is 5.46. The fourth-order valence-corrected chi connectivity index (χ4v) is 2.53. The van der Waals surface area contributed by atoms with E-state index in [-0.39, 0.29) is 0 Å². The molecule has 0 radical (unpaired) electrons. The van der Waals surface area contributed by atoms with Gasteiger partial charge in [0.15, 0.2) is 0 Å². The number of hydrogen-bond acceptors (Lipinski definition) is 2. The molecule has 0 amide bonds. The fourth-order valence-electron chi connectivity index (χ4n) is 2.30. The number of nitrogens with zero attached hydrogens (tertiary/aromatic N) is 3. The molecule has 0 aliphatic heterocycles. The molecule has 0 spiro atoms. The predicted octanol–water partition coefficient (Wildman–Crippen LogP) is 3.79. The highest BCUT2D eigenvalue weighted by molar-refractivity contribution is 6.30. The van der Waals surface area contributed by atoms with Crippen LogP contribution in [0.4, 0.5) is 0 Å². The average Bonchev–Trinajstić information content (AvgIpc) is 2.65. The summed E-state index contributed by atoms with van der Waals surface area (Å²) in [6, 6.07) is 11.0. The fraction of sp³-hybridized carbons (Fsp3) is 0.438. The quantitative estimate of drug-likeness (QED) is 0.836. The van der Waals surface area contributed by atoms with E-state index in [0.29, 0.717) is 6.04 Å². The third-order valence-corrected chi connectivity index (χ3v) is 4.06. The van der Waals surface area contributed by atoms with Gasteiger partial charge in [0.1, 0.15) is 5.15 Å². The zero-order valence-corrected chi connectivity index (χ0v) is 13.4. The Morgan fingerprint density at radius 1 is 1.20 bits per heavy atom. The van der Waals surface area contributed by atoms with Crippen molar-refractivity contribution in [1.82, 2.24) is 14.7 Å². The Kier molecular flexibility index (Phi) is 4.84. The van der Waals surface area contributed by atoms with Gasteiger partial charge in [-0.2, -0.15) is 5.10 Å². The number of aromatic nitrogens is 2. The summed E-state index contributed by atoms with van der Waals surface area (Å²) in [5.41, 5.74) is 3.45. The molecule has 0 atom stereocenters. The largest absolute Gasteiger partial charge is 0.292 e. The summed E-state index contributed by atoms with van der Waals surface area (Å²) in [5.74, 6) is 0. The molecular weight excluding hydrogens is 270 g/mol. The standard InChI is InChI=1S/C16H22ClN3/c1-12(2)20(10-14-8-6-5-7-9-14)11-15-13(3)18-19(4)16(15)17/h5-9,12H,10-11H2,1-4H3. The molecule has 0 N–H and O–H groups in total. The lowest BCUT2D eigenvalue weighted by molar-refractivity contribution is 0.203. The molecule has 0 aliphatic rings. The SMILES string of the molecule is Cc1nn(C)c(Cl)c1CN(Cc1ccccc1)C(C)C. The highest BCUT2D eigenvalue weighted by Crippen LogP contribution is 2.22. The smallest absolute Gasteiger partial charge is 0.131 e. The maximum atomic E-state index is 6.34. The van der Waals surface area contributed by atoms with Crippen molar-refractivity contribution < 1.29 is 0 Å². The lowest BCUT2D eigenvalue weighted by atomic mass is 10.1. The third kappa shape index (κ3) is 3.41. The first-order valence-electron chi connectivity index (χ1n) is 6.95. The summed E-state index contributed by atoms with van der Waals surface area (Å²) in [4.78, 5) is 2.41. The molecule has 0 fully saturated rings. The number of aryl methyl sites for hydroxylation is 2. The zero-order chi connectivity index (χ0) is 14.7. The second-order valence-corrected chi connectivity index (χ2v) is 5.82. The van der Waals surface area contributed by atoms with E-state index in [1.165, 1.54) is 5.56 Å². The maximum Gasteiger partial charge on any atom is 0.131 e. The Morgan fingerprint density at radius 3 is 2.35 bits per heavy atom. The van der Waals surface area contributed by atoms with Gasteiger partial charge in [-0.1, -0.05) is 41.9 Å². The Labute approximate surface area is 126 Å². The van der Waals surface area contributed by atoms with Crippen molar-refractivity contribution in [3.8, 4) is 0 Å². The zero-order valence-electron chi connectivity index (χ0n) is 12.6. The molecule has 20 heavy (non-hydrogen) atoms. The Hall–Kier alpha value is -1.32. The molecule has 1 aromatic carbocycles. The average molecular weight is 292 g/mol. The minimum Gasteiger partial charge on any atom is -0.292 e. The van der Waals surface area contributed by atoms with Crippen LogP contribution in [-0.4, -0.2) is 20.7 Å². The molecule has 2 rings (SSSR count). The highest BCUT2D eigenvalue weighted by Gasteiger charge is 2.17. The van der Waals surface area contributed by atoms with Crippen LogP contribution in [0.15, 0.2) is 30.3 Å². The predicted molar refractivity (Wildman–Crippen MR) is 83.8 cm³/mol. The van der Waals surface area contributed by atoms with Gasteiger partial charge in [-0.15, -0.1) is 0 Å². The summed E-state index contributed by atoms with van der Waals surface area (Å²) < 4.78 is 1.74. The van der Waals surface area contributed by atoms with E-state index in [1.54, 1.807) is 4.68 Å². The van der Waals surface area contributed by atoms with Crippen molar-refractivity contribution in [2.45, 2.75) is 39.9 Å². The lowest BCUT2D eigenvalue weighted by Crippen LogP contribution is -2.30. The van der Waals surface area contributed by atoms with Gasteiger partial charge in [0.05, 0.1) is 5.69 Å². The van der Waals surface area contributed by atoms with Crippen LogP contribution < -0.4 is 0 Å². The van der Waals surface area contributed by atoms with Crippen molar-refractivity contribution in [2.75, 3.05) is 0 Å². The first-order valence-corrected chi connectivity index (χ1v) is 7.32. The molecule has 2 aromatic rings. The summed E-state index contributed by atoms with van der Waals surface area (Å²) in [7, 11) is 1.88. The van der Waals surface area contributed by atoms with Gasteiger partial charge in [-0.25, -0.2) is 0 Å². The van der Waals surface area contributed by atoms with Crippen LogP contribution in [0, 0.1) is 6.92 Å². The first kappa shape index (κ1) is 15.1. The van der Waals surface area contributed by atoms with E-state index in [0.717, 1.165) is 29.5 Å². The normalized spacial score (nSPS) is 11.6. The minimum atomic E-state index is 0.450. The first-order chi connectivity index (χ1) is 9.49. The van der Waals surface area contributed by atoms with Gasteiger partial charge in [0, 0.05) is 31.7 Å². The number of benzene rings is 1. The van der Waals surface area contributed by atoms with E-state index in [1.807, 2.05) is 20.0 Å². The number of hydrogen-bond donors (Lipinski definition) is 0. The summed E-state index contributed by atoms with van der Waals surface area (Å²) in [6.07, 6.45) is 0. The van der Waals surface area contributed by atoms with Crippen LogP contribution in [0.3, 0.4) is 0 Å². The molecule has 3 nitrogen and oxygen atoms in total. The molecule has 0 aliphatic carbocycles. The van der Waals surface area contributed by atoms with E-state index < -0.39 is 0 Å². The second kappa shape index (κ2) is 6.42. The number of rotatable bonds is 5. The van der Waals surface area contributed by atoms with Crippen LogP contribution in [0.5, 0.6) is 0 Å². The van der Waals surface area contributed by atoms with Crippen LogP contribution in [0.25, 0.3) is 0 Å². The van der Waals surface area contributed by atoms with E-state index in [4.69, 9.17) is 11.6 Å². The van der Waals surface area contributed by atoms with E-state index >= 15 is 0 Å². The van der Waals surface area contributed by atoms with Crippen LogP contribution in [-0.2, 0) is 20.1 Å². The van der Waals surface area contributed by atoms with Gasteiger partial charge in [0.25, 0.3) is 0 Å². The van der Waals surface area contributed by atoms with Crippen molar-refractivity contribution in [3.63, 3.8) is 0 Å². The van der Waals surface area contributed by atoms with Crippen molar-refractivity contribution in [3.05, 3.63) is 52.3 Å². The maximum absolute atomic E-state index is 6.34. The number of halogens is 1.